The number of allylic oxidation sites excluding steroid dienone is 2. The van der Waals surface area contributed by atoms with E-state index in [0.717, 1.165) is 18.4 Å². The number of unbranched alkanes of at least 4 members (excludes halogenated alkanes) is 2. The number of aliphatic carboxylic acids is 1. The van der Waals surface area contributed by atoms with E-state index in [1.165, 1.54) is 0 Å². The molecule has 0 aliphatic heterocycles. The molecule has 7 N–H and O–H groups in total. The molecule has 3 atom stereocenters. The Morgan fingerprint density at radius 1 is 0.951 bits per heavy atom. The van der Waals surface area contributed by atoms with Gasteiger partial charge in [0.15, 0.2) is 0 Å². The van der Waals surface area contributed by atoms with Gasteiger partial charge in [-0.05, 0) is 76.3 Å². The highest BCUT2D eigenvalue weighted by Gasteiger charge is 2.30. The van der Waals surface area contributed by atoms with Gasteiger partial charge >= 0.3 is 24.1 Å². The van der Waals surface area contributed by atoms with E-state index in [-0.39, 0.29) is 38.5 Å². The van der Waals surface area contributed by atoms with Crippen molar-refractivity contribution in [3.05, 3.63) is 23.8 Å². The van der Waals surface area contributed by atoms with E-state index in [2.05, 4.69) is 21.3 Å². The number of alkyl carbamates (subject to hydrolysis) is 1. The number of rotatable bonds is 19. The molecule has 4 amide bonds. The third-order valence-corrected chi connectivity index (χ3v) is 6.31. The second kappa shape index (κ2) is 20.3. The minimum Gasteiger partial charge on any atom is -0.480 e. The van der Waals surface area contributed by atoms with Crippen molar-refractivity contribution in [2.45, 2.75) is 90.3 Å². The Labute approximate surface area is 242 Å². The number of urea groups is 1. The summed E-state index contributed by atoms with van der Waals surface area (Å²) < 4.78 is 10.3. The average Bonchev–Trinajstić information content (AvgIpc) is 2.93. The number of carboxylic acid groups (broad SMARTS) is 1. The highest BCUT2D eigenvalue weighted by atomic mass is 16.5. The first kappa shape index (κ1) is 35.4. The van der Waals surface area contributed by atoms with Crippen molar-refractivity contribution in [3.63, 3.8) is 0 Å². The van der Waals surface area contributed by atoms with E-state index < -0.39 is 48.1 Å². The summed E-state index contributed by atoms with van der Waals surface area (Å²) in [6, 6.07) is -3.97. The van der Waals surface area contributed by atoms with Gasteiger partial charge in [0.2, 0.25) is 5.91 Å². The molecule has 13 nitrogen and oxygen atoms in total. The second-order valence-corrected chi connectivity index (χ2v) is 10.1. The Morgan fingerprint density at radius 2 is 1.63 bits per heavy atom. The van der Waals surface area contributed by atoms with Gasteiger partial charge in [0.1, 0.15) is 24.7 Å². The summed E-state index contributed by atoms with van der Waals surface area (Å²) in [6.45, 7) is 6.18. The molecule has 0 saturated heterocycles. The Balaban J connectivity index is 2.72. The van der Waals surface area contributed by atoms with Crippen LogP contribution in [0.1, 0.15) is 72.1 Å². The molecule has 0 fully saturated rings. The van der Waals surface area contributed by atoms with Gasteiger partial charge in [0.05, 0.1) is 6.61 Å². The Morgan fingerprint density at radius 3 is 2.24 bits per heavy atom. The molecule has 13 heteroatoms. The zero-order chi connectivity index (χ0) is 30.6. The van der Waals surface area contributed by atoms with Crippen LogP contribution in [-0.2, 0) is 23.9 Å². The van der Waals surface area contributed by atoms with Gasteiger partial charge in [-0.3, -0.25) is 4.79 Å². The van der Waals surface area contributed by atoms with E-state index in [0.29, 0.717) is 32.2 Å². The van der Waals surface area contributed by atoms with Crippen molar-refractivity contribution in [1.82, 2.24) is 21.3 Å². The lowest BCUT2D eigenvalue weighted by Crippen LogP contribution is -2.56. The molecule has 232 valence electrons. The second-order valence-electron chi connectivity index (χ2n) is 10.1. The van der Waals surface area contributed by atoms with Crippen LogP contribution in [0.4, 0.5) is 9.59 Å². The van der Waals surface area contributed by atoms with Crippen molar-refractivity contribution in [2.75, 3.05) is 26.3 Å². The lowest BCUT2D eigenvalue weighted by Gasteiger charge is -2.25. The Kier molecular flexibility index (Phi) is 17.5. The molecule has 0 radical (unpaired) electrons. The molecule has 0 saturated carbocycles. The third-order valence-electron chi connectivity index (χ3n) is 6.31. The lowest BCUT2D eigenvalue weighted by molar-refractivity contribution is -0.149. The number of amides is 4. The highest BCUT2D eigenvalue weighted by molar-refractivity contribution is 5.91. The van der Waals surface area contributed by atoms with Crippen LogP contribution in [0.15, 0.2) is 23.8 Å². The SMILES string of the molecule is CCOC(=O)C(NC(=O)[C@@H](CCCCNC(=O)OCC1=CCCC=C1)NC(=O)N[C@@H](CCCCN)C(=O)O)C(C)C. The molecular formula is C28H47N5O8. The summed E-state index contributed by atoms with van der Waals surface area (Å²) in [5, 5.41) is 19.7. The quantitative estimate of drug-likeness (QED) is 0.0977. The van der Waals surface area contributed by atoms with E-state index in [4.69, 9.17) is 15.2 Å². The predicted octanol–water partition coefficient (Wildman–Crippen LogP) is 2.11. The van der Waals surface area contributed by atoms with Crippen LogP contribution >= 0.6 is 0 Å². The van der Waals surface area contributed by atoms with Gasteiger partial charge in [-0.1, -0.05) is 32.1 Å². The maximum atomic E-state index is 13.1. The molecular weight excluding hydrogens is 534 g/mol. The zero-order valence-corrected chi connectivity index (χ0v) is 24.4. The average molecular weight is 582 g/mol. The van der Waals surface area contributed by atoms with Crippen molar-refractivity contribution < 1.29 is 38.6 Å². The van der Waals surface area contributed by atoms with Crippen LogP contribution in [0.25, 0.3) is 0 Å². The first-order valence-electron chi connectivity index (χ1n) is 14.3. The fourth-order valence-corrected chi connectivity index (χ4v) is 4.00. The highest BCUT2D eigenvalue weighted by Crippen LogP contribution is 2.10. The predicted molar refractivity (Wildman–Crippen MR) is 153 cm³/mol. The minimum atomic E-state index is -1.20. The summed E-state index contributed by atoms with van der Waals surface area (Å²) in [4.78, 5) is 61.7. The van der Waals surface area contributed by atoms with Crippen LogP contribution in [0, 0.1) is 5.92 Å². The van der Waals surface area contributed by atoms with Crippen LogP contribution < -0.4 is 27.0 Å². The fourth-order valence-electron chi connectivity index (χ4n) is 4.00. The zero-order valence-electron chi connectivity index (χ0n) is 24.4. The number of ether oxygens (including phenoxy) is 2. The number of esters is 1. The minimum absolute atomic E-state index is 0.145. The molecule has 0 aromatic carbocycles. The maximum Gasteiger partial charge on any atom is 0.407 e. The first-order chi connectivity index (χ1) is 19.6. The fraction of sp³-hybridized carbons (Fsp3) is 0.679. The van der Waals surface area contributed by atoms with Crippen molar-refractivity contribution >= 4 is 30.0 Å². The molecule has 0 aromatic rings. The van der Waals surface area contributed by atoms with Crippen LogP contribution in [0.2, 0.25) is 0 Å². The van der Waals surface area contributed by atoms with Gasteiger partial charge in [-0.2, -0.15) is 0 Å². The van der Waals surface area contributed by atoms with Gasteiger partial charge < -0.3 is 41.6 Å². The molecule has 41 heavy (non-hydrogen) atoms. The van der Waals surface area contributed by atoms with E-state index in [1.807, 2.05) is 18.2 Å². The molecule has 0 bridgehead atoms. The van der Waals surface area contributed by atoms with Crippen LogP contribution in [-0.4, -0.2) is 79.5 Å². The number of nitrogens with two attached hydrogens (primary N) is 1. The summed E-state index contributed by atoms with van der Waals surface area (Å²) in [7, 11) is 0. The topological polar surface area (TPSA) is 198 Å². The van der Waals surface area contributed by atoms with Gasteiger partial charge in [-0.25, -0.2) is 19.2 Å². The summed E-state index contributed by atoms with van der Waals surface area (Å²) in [6.07, 6.45) is 9.69. The smallest absolute Gasteiger partial charge is 0.407 e. The summed E-state index contributed by atoms with van der Waals surface area (Å²) in [5.41, 5.74) is 6.40. The number of nitrogens with one attached hydrogen (secondary N) is 4. The summed E-state index contributed by atoms with van der Waals surface area (Å²) in [5.74, 6) is -2.68. The number of carboxylic acids is 1. The van der Waals surface area contributed by atoms with Crippen LogP contribution in [0.3, 0.4) is 0 Å². The lowest BCUT2D eigenvalue weighted by atomic mass is 10.0. The molecule has 1 unspecified atom stereocenters. The standard InChI is InChI=1S/C28H47N5O8/c1-4-40-26(37)23(19(2)3)33-24(34)21(31-27(38)32-22(25(35)36)15-8-10-16-29)14-9-11-17-30-28(39)41-18-20-12-6-5-7-13-20/h6,12-13,19,21-23H,4-5,7-11,14-18,29H2,1-3H3,(H,30,39)(H,33,34)(H,35,36)(H2,31,32,38)/t21-,22+,23?/m1/s1. The van der Waals surface area contributed by atoms with E-state index in [9.17, 15) is 29.1 Å². The molecule has 0 aromatic heterocycles. The molecule has 1 aliphatic carbocycles. The number of hydrogen-bond donors (Lipinski definition) is 6. The largest absolute Gasteiger partial charge is 0.480 e. The van der Waals surface area contributed by atoms with E-state index in [1.54, 1.807) is 20.8 Å². The number of carbonyl (C=O) groups excluding carboxylic acids is 4. The van der Waals surface area contributed by atoms with Gasteiger partial charge in [0, 0.05) is 6.54 Å². The van der Waals surface area contributed by atoms with Crippen LogP contribution in [0.5, 0.6) is 0 Å². The molecule has 1 aliphatic rings. The van der Waals surface area contributed by atoms with Crippen molar-refractivity contribution in [2.24, 2.45) is 11.7 Å². The first-order valence-corrected chi connectivity index (χ1v) is 14.3. The number of hydrogen-bond acceptors (Lipinski definition) is 8. The monoisotopic (exact) mass is 581 g/mol. The van der Waals surface area contributed by atoms with E-state index >= 15 is 0 Å². The Hall–Kier alpha value is -3.61. The maximum absolute atomic E-state index is 13.1. The van der Waals surface area contributed by atoms with Crippen molar-refractivity contribution in [3.8, 4) is 0 Å². The van der Waals surface area contributed by atoms with Gasteiger partial charge in [0.25, 0.3) is 0 Å². The summed E-state index contributed by atoms with van der Waals surface area (Å²) >= 11 is 0. The van der Waals surface area contributed by atoms with Crippen molar-refractivity contribution in [1.29, 1.82) is 0 Å². The normalized spacial score (nSPS) is 14.7. The molecule has 0 spiro atoms. The third kappa shape index (κ3) is 15.1. The van der Waals surface area contributed by atoms with Gasteiger partial charge in [-0.15, -0.1) is 0 Å². The Bertz CT molecular complexity index is 921. The molecule has 0 heterocycles. The number of carbonyl (C=O) groups is 5. The molecule has 1 rings (SSSR count).